The van der Waals surface area contributed by atoms with E-state index in [-0.39, 0.29) is 10.6 Å². The topological polar surface area (TPSA) is 72.6 Å². The Kier molecular flexibility index (Phi) is 5.62. The van der Waals surface area contributed by atoms with E-state index in [1.807, 2.05) is 0 Å². The van der Waals surface area contributed by atoms with Crippen LogP contribution in [0.2, 0.25) is 0 Å². The number of unbranched alkanes of at least 4 members (excludes halogenated alkanes) is 2. The molecule has 0 radical (unpaired) electrons. The van der Waals surface area contributed by atoms with Crippen molar-refractivity contribution in [3.63, 3.8) is 0 Å². The van der Waals surface area contributed by atoms with Crippen LogP contribution in [0.15, 0.2) is 23.1 Å². The van der Waals surface area contributed by atoms with Gasteiger partial charge in [-0.25, -0.2) is 12.7 Å². The van der Waals surface area contributed by atoms with Crippen molar-refractivity contribution in [2.24, 2.45) is 0 Å². The number of nitrogens with two attached hydrogens (primary N) is 1. The molecule has 0 fully saturated rings. The van der Waals surface area contributed by atoms with Crippen LogP contribution in [0.1, 0.15) is 26.2 Å². The standard InChI is InChI=1S/C13H22N2O3S/c1-4-5-6-10-18-11-8-7-9-12(13(11)14)19(16,17)15(2)3/h7-9H,4-6,10,14H2,1-3H3. The predicted molar refractivity (Wildman–Crippen MR) is 76.7 cm³/mol. The van der Waals surface area contributed by atoms with Crippen molar-refractivity contribution < 1.29 is 13.2 Å². The van der Waals surface area contributed by atoms with Crippen LogP contribution in [0.25, 0.3) is 0 Å². The molecule has 0 atom stereocenters. The molecule has 6 heteroatoms. The zero-order chi connectivity index (χ0) is 14.5. The van der Waals surface area contributed by atoms with Gasteiger partial charge in [0.2, 0.25) is 10.0 Å². The molecule has 0 aliphatic rings. The third-order valence-electron chi connectivity index (χ3n) is 2.79. The molecule has 0 aromatic heterocycles. The second-order valence-corrected chi connectivity index (χ2v) is 6.63. The summed E-state index contributed by atoms with van der Waals surface area (Å²) in [5.41, 5.74) is 6.06. The molecule has 0 bridgehead atoms. The molecular weight excluding hydrogens is 264 g/mol. The van der Waals surface area contributed by atoms with E-state index in [1.54, 1.807) is 12.1 Å². The normalized spacial score (nSPS) is 11.8. The van der Waals surface area contributed by atoms with Crippen molar-refractivity contribution in [3.05, 3.63) is 18.2 Å². The van der Waals surface area contributed by atoms with Gasteiger partial charge in [-0.2, -0.15) is 0 Å². The van der Waals surface area contributed by atoms with Gasteiger partial charge in [0.15, 0.2) is 0 Å². The number of hydrogen-bond donors (Lipinski definition) is 1. The van der Waals surface area contributed by atoms with Gasteiger partial charge in [-0.05, 0) is 18.6 Å². The number of rotatable bonds is 7. The summed E-state index contributed by atoms with van der Waals surface area (Å²) in [5.74, 6) is 0.430. The van der Waals surface area contributed by atoms with Crippen LogP contribution < -0.4 is 10.5 Å². The van der Waals surface area contributed by atoms with Gasteiger partial charge in [0.1, 0.15) is 10.6 Å². The van der Waals surface area contributed by atoms with E-state index in [0.29, 0.717) is 12.4 Å². The molecule has 19 heavy (non-hydrogen) atoms. The Labute approximate surface area is 115 Å². The molecule has 1 aromatic carbocycles. The first-order valence-electron chi connectivity index (χ1n) is 6.35. The highest BCUT2D eigenvalue weighted by Crippen LogP contribution is 2.30. The highest BCUT2D eigenvalue weighted by Gasteiger charge is 2.22. The number of hydrogen-bond acceptors (Lipinski definition) is 4. The second-order valence-electron chi connectivity index (χ2n) is 4.51. The quantitative estimate of drug-likeness (QED) is 0.615. The first kappa shape index (κ1) is 15.8. The number of para-hydroxylation sites is 1. The molecule has 0 amide bonds. The maximum Gasteiger partial charge on any atom is 0.244 e. The fraction of sp³-hybridized carbons (Fsp3) is 0.538. The van der Waals surface area contributed by atoms with Gasteiger partial charge in [0.25, 0.3) is 0 Å². The monoisotopic (exact) mass is 286 g/mol. The van der Waals surface area contributed by atoms with Crippen molar-refractivity contribution in [1.29, 1.82) is 0 Å². The van der Waals surface area contributed by atoms with Crippen molar-refractivity contribution in [3.8, 4) is 5.75 Å². The number of ether oxygens (including phenoxy) is 1. The van der Waals surface area contributed by atoms with Crippen molar-refractivity contribution >= 4 is 15.7 Å². The summed E-state index contributed by atoms with van der Waals surface area (Å²) in [7, 11) is -0.586. The number of nitrogen functional groups attached to an aromatic ring is 1. The smallest absolute Gasteiger partial charge is 0.244 e. The zero-order valence-corrected chi connectivity index (χ0v) is 12.5. The second kappa shape index (κ2) is 6.77. The number of nitrogens with zero attached hydrogens (tertiary/aromatic N) is 1. The van der Waals surface area contributed by atoms with Gasteiger partial charge in [-0.15, -0.1) is 0 Å². The first-order chi connectivity index (χ1) is 8.91. The largest absolute Gasteiger partial charge is 0.491 e. The van der Waals surface area contributed by atoms with Gasteiger partial charge in [0.05, 0.1) is 12.3 Å². The van der Waals surface area contributed by atoms with Crippen LogP contribution in [0, 0.1) is 0 Å². The SMILES string of the molecule is CCCCCOc1cccc(S(=O)(=O)N(C)C)c1N. The molecule has 0 aliphatic carbocycles. The molecule has 1 aromatic rings. The maximum absolute atomic E-state index is 12.1. The van der Waals surface area contributed by atoms with Gasteiger partial charge in [-0.3, -0.25) is 0 Å². The van der Waals surface area contributed by atoms with Crippen LogP contribution in [-0.2, 0) is 10.0 Å². The maximum atomic E-state index is 12.1. The highest BCUT2D eigenvalue weighted by molar-refractivity contribution is 7.89. The Bertz CT molecular complexity index is 513. The molecule has 0 saturated heterocycles. The number of sulfonamides is 1. The average Bonchev–Trinajstić information content (AvgIpc) is 2.36. The third-order valence-corrected chi connectivity index (χ3v) is 4.66. The lowest BCUT2D eigenvalue weighted by molar-refractivity contribution is 0.307. The molecule has 5 nitrogen and oxygen atoms in total. The van der Waals surface area contributed by atoms with E-state index in [4.69, 9.17) is 10.5 Å². The fourth-order valence-corrected chi connectivity index (χ4v) is 2.63. The first-order valence-corrected chi connectivity index (χ1v) is 7.79. The summed E-state index contributed by atoms with van der Waals surface area (Å²) >= 11 is 0. The minimum Gasteiger partial charge on any atom is -0.491 e. The fourth-order valence-electron chi connectivity index (χ4n) is 1.61. The van der Waals surface area contributed by atoms with E-state index in [1.165, 1.54) is 20.2 Å². The number of benzene rings is 1. The minimum absolute atomic E-state index is 0.0884. The lowest BCUT2D eigenvalue weighted by atomic mass is 10.2. The molecule has 0 heterocycles. The Morgan fingerprint density at radius 1 is 1.26 bits per heavy atom. The molecular formula is C13H22N2O3S. The van der Waals surface area contributed by atoms with Crippen LogP contribution in [0.4, 0.5) is 5.69 Å². The summed E-state index contributed by atoms with van der Waals surface area (Å²) in [5, 5.41) is 0. The van der Waals surface area contributed by atoms with Gasteiger partial charge < -0.3 is 10.5 Å². The highest BCUT2D eigenvalue weighted by atomic mass is 32.2. The Balaban J connectivity index is 2.93. The van der Waals surface area contributed by atoms with Crippen molar-refractivity contribution in [2.75, 3.05) is 26.4 Å². The van der Waals surface area contributed by atoms with E-state index in [0.717, 1.165) is 23.6 Å². The molecule has 0 saturated carbocycles. The Morgan fingerprint density at radius 2 is 1.95 bits per heavy atom. The van der Waals surface area contributed by atoms with Gasteiger partial charge in [-0.1, -0.05) is 25.8 Å². The summed E-state index contributed by atoms with van der Waals surface area (Å²) in [6.45, 7) is 2.65. The van der Waals surface area contributed by atoms with Crippen LogP contribution in [0.3, 0.4) is 0 Å². The molecule has 108 valence electrons. The van der Waals surface area contributed by atoms with E-state index >= 15 is 0 Å². The van der Waals surface area contributed by atoms with Crippen LogP contribution >= 0.6 is 0 Å². The van der Waals surface area contributed by atoms with E-state index in [2.05, 4.69) is 6.92 Å². The van der Waals surface area contributed by atoms with E-state index in [9.17, 15) is 8.42 Å². The van der Waals surface area contributed by atoms with Gasteiger partial charge >= 0.3 is 0 Å². The van der Waals surface area contributed by atoms with Crippen LogP contribution in [-0.4, -0.2) is 33.4 Å². The number of anilines is 1. The predicted octanol–water partition coefficient (Wildman–Crippen LogP) is 2.09. The van der Waals surface area contributed by atoms with E-state index < -0.39 is 10.0 Å². The third kappa shape index (κ3) is 3.84. The lowest BCUT2D eigenvalue weighted by Crippen LogP contribution is -2.23. The van der Waals surface area contributed by atoms with Crippen LogP contribution in [0.5, 0.6) is 5.75 Å². The summed E-state index contributed by atoms with van der Waals surface area (Å²) in [6.07, 6.45) is 3.12. The minimum atomic E-state index is -3.54. The van der Waals surface area contributed by atoms with Crippen molar-refractivity contribution in [2.45, 2.75) is 31.1 Å². The molecule has 0 spiro atoms. The summed E-state index contributed by atoms with van der Waals surface area (Å²) in [6, 6.07) is 4.82. The Hall–Kier alpha value is -1.27. The molecule has 1 rings (SSSR count). The zero-order valence-electron chi connectivity index (χ0n) is 11.7. The molecule has 0 unspecified atom stereocenters. The Morgan fingerprint density at radius 3 is 2.53 bits per heavy atom. The van der Waals surface area contributed by atoms with Gasteiger partial charge in [0, 0.05) is 14.1 Å². The summed E-state index contributed by atoms with van der Waals surface area (Å²) < 4.78 is 30.8. The summed E-state index contributed by atoms with van der Waals surface area (Å²) in [4.78, 5) is 0.0884. The average molecular weight is 286 g/mol. The molecule has 2 N–H and O–H groups in total. The van der Waals surface area contributed by atoms with Crippen molar-refractivity contribution in [1.82, 2.24) is 4.31 Å². The molecule has 0 aliphatic heterocycles. The lowest BCUT2D eigenvalue weighted by Gasteiger charge is -2.15.